The Bertz CT molecular complexity index is 1300. The number of fused-ring (bicyclic) bond motifs is 3. The Hall–Kier alpha value is -3.34. The van der Waals surface area contributed by atoms with Crippen molar-refractivity contribution >= 4 is 22.9 Å². The van der Waals surface area contributed by atoms with Crippen LogP contribution in [-0.2, 0) is 11.0 Å². The number of H-pyrrole nitrogens is 1. The summed E-state index contributed by atoms with van der Waals surface area (Å²) in [5.41, 5.74) is -0.744. The van der Waals surface area contributed by atoms with E-state index in [2.05, 4.69) is 20.1 Å². The highest BCUT2D eigenvalue weighted by atomic mass is 19.4. The molecule has 1 aromatic carbocycles. The lowest BCUT2D eigenvalue weighted by atomic mass is 9.97. The Morgan fingerprint density at radius 3 is 2.46 bits per heavy atom. The summed E-state index contributed by atoms with van der Waals surface area (Å²) in [6.45, 7) is 0.759. The molecule has 11 heteroatoms. The van der Waals surface area contributed by atoms with Gasteiger partial charge in [0.25, 0.3) is 5.56 Å². The number of aromatic amines is 1. The van der Waals surface area contributed by atoms with E-state index in [1.54, 1.807) is 17.0 Å². The third-order valence-corrected chi connectivity index (χ3v) is 6.95. The normalized spacial score (nSPS) is 21.4. The summed E-state index contributed by atoms with van der Waals surface area (Å²) in [5.74, 6) is -1.09. The molecular weight excluding hydrogens is 466 g/mol. The Kier molecular flexibility index (Phi) is 6.04. The van der Waals surface area contributed by atoms with Crippen molar-refractivity contribution in [1.82, 2.24) is 20.1 Å². The summed E-state index contributed by atoms with van der Waals surface area (Å²) in [7, 11) is 0. The van der Waals surface area contributed by atoms with Gasteiger partial charge in [0.05, 0.1) is 22.7 Å². The number of carbonyl (C=O) groups excluding carboxylic acids is 1. The minimum absolute atomic E-state index is 0.0404. The van der Waals surface area contributed by atoms with Crippen LogP contribution in [-0.4, -0.2) is 51.5 Å². The standard InChI is InChI=1S/C24H23F4N5O2/c25-19-10-14(24(26,27)28)11-29-22(19)32-12-15-7-8-16(13-32)33(15)20(6-3-9-34)21-17-4-1-2-5-18(17)23(35)31-30-21/h1-2,4-5,9-11,15-16,20H,3,6-8,12-13H2,(H,31,35). The van der Waals surface area contributed by atoms with Crippen LogP contribution in [0.2, 0.25) is 0 Å². The van der Waals surface area contributed by atoms with Gasteiger partial charge in [-0.25, -0.2) is 14.5 Å². The first-order valence-corrected chi connectivity index (χ1v) is 11.4. The van der Waals surface area contributed by atoms with E-state index in [0.29, 0.717) is 54.7 Å². The monoisotopic (exact) mass is 489 g/mol. The smallest absolute Gasteiger partial charge is 0.351 e. The predicted molar refractivity (Wildman–Crippen MR) is 120 cm³/mol. The van der Waals surface area contributed by atoms with E-state index in [9.17, 15) is 27.2 Å². The van der Waals surface area contributed by atoms with Gasteiger partial charge in [-0.05, 0) is 31.4 Å². The number of piperazine rings is 1. The number of nitrogens with zero attached hydrogens (tertiary/aromatic N) is 4. The molecule has 2 aromatic heterocycles. The second-order valence-corrected chi connectivity index (χ2v) is 9.01. The molecule has 2 aliphatic heterocycles. The molecule has 35 heavy (non-hydrogen) atoms. The van der Waals surface area contributed by atoms with Crippen LogP contribution in [0.5, 0.6) is 0 Å². The van der Waals surface area contributed by atoms with E-state index < -0.39 is 17.6 Å². The Balaban J connectivity index is 1.47. The fourth-order valence-electron chi connectivity index (χ4n) is 5.48. The number of aldehydes is 1. The van der Waals surface area contributed by atoms with Crippen LogP contribution >= 0.6 is 0 Å². The highest BCUT2D eigenvalue weighted by Gasteiger charge is 2.45. The maximum atomic E-state index is 14.6. The quantitative estimate of drug-likeness (QED) is 0.419. The van der Waals surface area contributed by atoms with Crippen LogP contribution in [0.4, 0.5) is 23.4 Å². The zero-order valence-corrected chi connectivity index (χ0v) is 18.6. The number of carbonyl (C=O) groups is 1. The molecule has 0 saturated carbocycles. The van der Waals surface area contributed by atoms with Crippen molar-refractivity contribution in [1.29, 1.82) is 0 Å². The van der Waals surface area contributed by atoms with Gasteiger partial charge < -0.3 is 9.69 Å². The van der Waals surface area contributed by atoms with E-state index in [0.717, 1.165) is 19.1 Å². The van der Waals surface area contributed by atoms with E-state index in [4.69, 9.17) is 0 Å². The Morgan fingerprint density at radius 1 is 1.14 bits per heavy atom. The number of hydrogen-bond donors (Lipinski definition) is 1. The molecule has 0 aliphatic carbocycles. The van der Waals surface area contributed by atoms with Gasteiger partial charge in [-0.15, -0.1) is 0 Å². The first-order chi connectivity index (χ1) is 16.8. The molecule has 0 spiro atoms. The average molecular weight is 489 g/mol. The third-order valence-electron chi connectivity index (χ3n) is 6.95. The topological polar surface area (TPSA) is 82.2 Å². The van der Waals surface area contributed by atoms with Gasteiger partial charge in [-0.3, -0.25) is 9.69 Å². The third kappa shape index (κ3) is 4.29. The highest BCUT2D eigenvalue weighted by Crippen LogP contribution is 2.41. The Labute approximate surface area is 197 Å². The lowest BCUT2D eigenvalue weighted by molar-refractivity contribution is -0.138. The van der Waals surface area contributed by atoms with Crippen molar-refractivity contribution in [2.45, 2.75) is 50.0 Å². The first kappa shape index (κ1) is 23.4. The molecular formula is C24H23F4N5O2. The SMILES string of the molecule is O=CCCC(c1n[nH]c(=O)c2ccccc12)N1C2CCC1CN(c1ncc(C(F)(F)F)cc1F)C2. The largest absolute Gasteiger partial charge is 0.417 e. The predicted octanol–water partition coefficient (Wildman–Crippen LogP) is 3.85. The highest BCUT2D eigenvalue weighted by molar-refractivity contribution is 5.83. The fraction of sp³-hybridized carbons (Fsp3) is 0.417. The van der Waals surface area contributed by atoms with E-state index in [1.165, 1.54) is 0 Å². The summed E-state index contributed by atoms with van der Waals surface area (Å²) in [5, 5.41) is 8.16. The van der Waals surface area contributed by atoms with Gasteiger partial charge in [0, 0.05) is 43.2 Å². The van der Waals surface area contributed by atoms with Gasteiger partial charge in [-0.2, -0.15) is 18.3 Å². The van der Waals surface area contributed by atoms with Crippen LogP contribution in [0.3, 0.4) is 0 Å². The number of halogens is 4. The molecule has 2 fully saturated rings. The fourth-order valence-corrected chi connectivity index (χ4v) is 5.48. The van der Waals surface area contributed by atoms with Crippen LogP contribution in [0.1, 0.15) is 43.0 Å². The van der Waals surface area contributed by atoms with Crippen molar-refractivity contribution < 1.29 is 22.4 Å². The summed E-state index contributed by atoms with van der Waals surface area (Å²) >= 11 is 0. The molecule has 0 radical (unpaired) electrons. The molecule has 2 aliphatic rings. The number of anilines is 1. The van der Waals surface area contributed by atoms with E-state index in [-0.39, 0.29) is 29.5 Å². The number of nitrogens with one attached hydrogen (secondary N) is 1. The number of hydrogen-bond acceptors (Lipinski definition) is 6. The zero-order valence-electron chi connectivity index (χ0n) is 18.6. The summed E-state index contributed by atoms with van der Waals surface area (Å²) < 4.78 is 53.4. The molecule has 3 atom stereocenters. The maximum absolute atomic E-state index is 14.6. The molecule has 2 saturated heterocycles. The molecule has 3 unspecified atom stereocenters. The van der Waals surface area contributed by atoms with Crippen molar-refractivity contribution in [2.75, 3.05) is 18.0 Å². The van der Waals surface area contributed by atoms with Crippen molar-refractivity contribution in [3.63, 3.8) is 0 Å². The summed E-state index contributed by atoms with van der Waals surface area (Å²) in [6.07, 6.45) is -0.746. The molecule has 184 valence electrons. The van der Waals surface area contributed by atoms with Crippen LogP contribution in [0.15, 0.2) is 41.3 Å². The van der Waals surface area contributed by atoms with Gasteiger partial charge in [0.15, 0.2) is 11.6 Å². The molecule has 2 bridgehead atoms. The van der Waals surface area contributed by atoms with Gasteiger partial charge in [-0.1, -0.05) is 18.2 Å². The van der Waals surface area contributed by atoms with Gasteiger partial charge in [0.1, 0.15) is 6.29 Å². The lowest BCUT2D eigenvalue weighted by Gasteiger charge is -2.45. The maximum Gasteiger partial charge on any atom is 0.417 e. The number of benzene rings is 1. The number of pyridine rings is 1. The van der Waals surface area contributed by atoms with Crippen LogP contribution in [0.25, 0.3) is 10.8 Å². The molecule has 7 nitrogen and oxygen atoms in total. The molecule has 4 heterocycles. The van der Waals surface area contributed by atoms with E-state index >= 15 is 0 Å². The van der Waals surface area contributed by atoms with Crippen molar-refractivity contribution in [3.05, 3.63) is 64.0 Å². The van der Waals surface area contributed by atoms with Crippen LogP contribution < -0.4 is 10.5 Å². The second kappa shape index (κ2) is 9.03. The van der Waals surface area contributed by atoms with E-state index in [1.807, 2.05) is 12.1 Å². The second-order valence-electron chi connectivity index (χ2n) is 9.01. The van der Waals surface area contributed by atoms with Crippen LogP contribution in [0, 0.1) is 5.82 Å². The first-order valence-electron chi connectivity index (χ1n) is 11.4. The number of alkyl halides is 3. The Morgan fingerprint density at radius 2 is 1.83 bits per heavy atom. The van der Waals surface area contributed by atoms with Gasteiger partial charge >= 0.3 is 6.18 Å². The van der Waals surface area contributed by atoms with Crippen molar-refractivity contribution in [2.24, 2.45) is 0 Å². The minimum atomic E-state index is -4.66. The number of rotatable bonds is 6. The molecule has 1 N–H and O–H groups in total. The lowest BCUT2D eigenvalue weighted by Crippen LogP contribution is -2.55. The van der Waals surface area contributed by atoms with Gasteiger partial charge in [0.2, 0.25) is 0 Å². The average Bonchev–Trinajstić information content (AvgIpc) is 3.08. The minimum Gasteiger partial charge on any atom is -0.351 e. The zero-order chi connectivity index (χ0) is 24.7. The summed E-state index contributed by atoms with van der Waals surface area (Å²) in [4.78, 5) is 31.3. The summed E-state index contributed by atoms with van der Waals surface area (Å²) in [6, 6.07) is 7.31. The molecule has 5 rings (SSSR count). The van der Waals surface area contributed by atoms with Crippen molar-refractivity contribution in [3.8, 4) is 0 Å². The molecule has 0 amide bonds. The molecule has 3 aromatic rings. The number of aromatic nitrogens is 3.